The molecule has 3 N–H and O–H groups in total. The van der Waals surface area contributed by atoms with E-state index in [1.54, 1.807) is 18.2 Å². The van der Waals surface area contributed by atoms with Crippen LogP contribution in [-0.4, -0.2) is 22.2 Å². The van der Waals surface area contributed by atoms with Gasteiger partial charge >= 0.3 is 11.9 Å². The highest BCUT2D eigenvalue weighted by Gasteiger charge is 2.14. The zero-order valence-corrected chi connectivity index (χ0v) is 10.9. The number of aromatic carboxylic acids is 2. The molecule has 102 valence electrons. The molecule has 0 spiro atoms. The van der Waals surface area contributed by atoms with Crippen molar-refractivity contribution in [2.24, 2.45) is 0 Å². The average Bonchev–Trinajstić information content (AvgIpc) is 2.41. The highest BCUT2D eigenvalue weighted by Crippen LogP contribution is 2.26. The van der Waals surface area contributed by atoms with E-state index in [1.165, 1.54) is 24.3 Å². The minimum Gasteiger partial charge on any atom is -0.478 e. The highest BCUT2D eigenvalue weighted by molar-refractivity contribution is 6.31. The van der Waals surface area contributed by atoms with Crippen LogP contribution in [0.25, 0.3) is 0 Å². The van der Waals surface area contributed by atoms with E-state index in [0.29, 0.717) is 10.7 Å². The molecule has 0 atom stereocenters. The van der Waals surface area contributed by atoms with Gasteiger partial charge in [-0.2, -0.15) is 0 Å². The first kappa shape index (κ1) is 13.9. The zero-order chi connectivity index (χ0) is 14.7. The molecule has 0 aliphatic heterocycles. The number of nitrogens with one attached hydrogen (secondary N) is 1. The lowest BCUT2D eigenvalue weighted by atomic mass is 10.1. The summed E-state index contributed by atoms with van der Waals surface area (Å²) in [6.07, 6.45) is 0. The summed E-state index contributed by atoms with van der Waals surface area (Å²) in [5.74, 6) is -2.25. The highest BCUT2D eigenvalue weighted by atomic mass is 35.5. The molecule has 0 saturated heterocycles. The second kappa shape index (κ2) is 5.63. The number of carbonyl (C=O) groups is 2. The Morgan fingerprint density at radius 2 is 1.50 bits per heavy atom. The third-order valence-electron chi connectivity index (χ3n) is 2.64. The van der Waals surface area contributed by atoms with Crippen LogP contribution in [0.2, 0.25) is 5.02 Å². The maximum Gasteiger partial charge on any atom is 0.337 e. The van der Waals surface area contributed by atoms with E-state index in [1.807, 2.05) is 0 Å². The number of halogens is 1. The van der Waals surface area contributed by atoms with Crippen LogP contribution in [0.5, 0.6) is 0 Å². The van der Waals surface area contributed by atoms with Gasteiger partial charge in [0.05, 0.1) is 22.5 Å². The van der Waals surface area contributed by atoms with Gasteiger partial charge in [-0.15, -0.1) is 0 Å². The Labute approximate surface area is 119 Å². The molecule has 2 rings (SSSR count). The average molecular weight is 292 g/mol. The van der Waals surface area contributed by atoms with E-state index in [9.17, 15) is 9.59 Å². The molecule has 6 heteroatoms. The Kier molecular flexibility index (Phi) is 3.91. The fraction of sp³-hybridized carbons (Fsp3) is 0. The molecule has 0 saturated carbocycles. The van der Waals surface area contributed by atoms with Crippen molar-refractivity contribution in [2.45, 2.75) is 0 Å². The summed E-state index contributed by atoms with van der Waals surface area (Å²) in [7, 11) is 0. The molecule has 0 amide bonds. The molecule has 0 aromatic heterocycles. The minimum atomic E-state index is -1.15. The van der Waals surface area contributed by atoms with Crippen LogP contribution in [0.15, 0.2) is 42.5 Å². The summed E-state index contributed by atoms with van der Waals surface area (Å²) in [5, 5.41) is 21.3. The van der Waals surface area contributed by atoms with Crippen LogP contribution in [-0.2, 0) is 0 Å². The van der Waals surface area contributed by atoms with Crippen molar-refractivity contribution in [2.75, 3.05) is 5.32 Å². The van der Waals surface area contributed by atoms with E-state index in [2.05, 4.69) is 5.32 Å². The standard InChI is InChI=1S/C14H10ClNO4/c15-8-5-6-12(10(7-8)14(19)20)16-11-4-2-1-3-9(11)13(17)18/h1-7,16H,(H,17,18)(H,19,20). The third kappa shape index (κ3) is 2.89. The molecule has 0 fully saturated rings. The third-order valence-corrected chi connectivity index (χ3v) is 2.87. The molecule has 2 aromatic carbocycles. The fourth-order valence-corrected chi connectivity index (χ4v) is 1.90. The Hall–Kier alpha value is -2.53. The van der Waals surface area contributed by atoms with E-state index < -0.39 is 11.9 Å². The topological polar surface area (TPSA) is 86.6 Å². The molecule has 0 aliphatic rings. The summed E-state index contributed by atoms with van der Waals surface area (Å²) < 4.78 is 0. The van der Waals surface area contributed by atoms with E-state index in [4.69, 9.17) is 21.8 Å². The van der Waals surface area contributed by atoms with Gasteiger partial charge in [0.15, 0.2) is 0 Å². The molecule has 0 bridgehead atoms. The molecule has 0 unspecified atom stereocenters. The smallest absolute Gasteiger partial charge is 0.337 e. The molecular weight excluding hydrogens is 282 g/mol. The minimum absolute atomic E-state index is 0.0299. The predicted octanol–water partition coefficient (Wildman–Crippen LogP) is 3.48. The maximum atomic E-state index is 11.2. The van der Waals surface area contributed by atoms with Crippen molar-refractivity contribution in [1.29, 1.82) is 0 Å². The first-order chi connectivity index (χ1) is 9.49. The largest absolute Gasteiger partial charge is 0.478 e. The summed E-state index contributed by atoms with van der Waals surface area (Å²) in [6, 6.07) is 10.6. The first-order valence-corrected chi connectivity index (χ1v) is 5.99. The number of hydrogen-bond donors (Lipinski definition) is 3. The van der Waals surface area contributed by atoms with Crippen LogP contribution in [0, 0.1) is 0 Å². The zero-order valence-electron chi connectivity index (χ0n) is 10.1. The van der Waals surface area contributed by atoms with Crippen LogP contribution in [0.4, 0.5) is 11.4 Å². The van der Waals surface area contributed by atoms with E-state index in [-0.39, 0.29) is 16.8 Å². The quantitative estimate of drug-likeness (QED) is 0.803. The van der Waals surface area contributed by atoms with Crippen molar-refractivity contribution in [3.8, 4) is 0 Å². The van der Waals surface area contributed by atoms with Gasteiger partial charge < -0.3 is 15.5 Å². The van der Waals surface area contributed by atoms with Crippen molar-refractivity contribution in [1.82, 2.24) is 0 Å². The normalized spacial score (nSPS) is 10.1. The molecule has 5 nitrogen and oxygen atoms in total. The van der Waals surface area contributed by atoms with E-state index >= 15 is 0 Å². The van der Waals surface area contributed by atoms with Gasteiger partial charge in [0.1, 0.15) is 0 Å². The SMILES string of the molecule is O=C(O)c1ccccc1Nc1ccc(Cl)cc1C(=O)O. The second-order valence-electron chi connectivity index (χ2n) is 3.97. The van der Waals surface area contributed by atoms with Gasteiger partial charge in [0.25, 0.3) is 0 Å². The van der Waals surface area contributed by atoms with Crippen LogP contribution in [0.3, 0.4) is 0 Å². The van der Waals surface area contributed by atoms with Gasteiger partial charge in [-0.3, -0.25) is 0 Å². The van der Waals surface area contributed by atoms with Gasteiger partial charge in [-0.25, -0.2) is 9.59 Å². The number of carboxylic acid groups (broad SMARTS) is 2. The lowest BCUT2D eigenvalue weighted by Gasteiger charge is -2.12. The van der Waals surface area contributed by atoms with Crippen molar-refractivity contribution < 1.29 is 19.8 Å². The van der Waals surface area contributed by atoms with Crippen molar-refractivity contribution >= 4 is 34.9 Å². The number of benzene rings is 2. The van der Waals surface area contributed by atoms with Crippen LogP contribution in [0.1, 0.15) is 20.7 Å². The molecule has 0 heterocycles. The second-order valence-corrected chi connectivity index (χ2v) is 4.41. The predicted molar refractivity (Wildman–Crippen MR) is 75.1 cm³/mol. The van der Waals surface area contributed by atoms with Gasteiger partial charge in [0.2, 0.25) is 0 Å². The molecule has 0 radical (unpaired) electrons. The molecule has 0 aliphatic carbocycles. The van der Waals surface area contributed by atoms with Gasteiger partial charge in [-0.05, 0) is 30.3 Å². The summed E-state index contributed by atoms with van der Waals surface area (Å²) in [4.78, 5) is 22.3. The number of rotatable bonds is 4. The molecule has 2 aromatic rings. The number of anilines is 2. The molecule has 20 heavy (non-hydrogen) atoms. The van der Waals surface area contributed by atoms with Crippen LogP contribution < -0.4 is 5.32 Å². The fourth-order valence-electron chi connectivity index (χ4n) is 1.73. The lowest BCUT2D eigenvalue weighted by molar-refractivity contribution is 0.0688. The number of para-hydroxylation sites is 1. The van der Waals surface area contributed by atoms with Gasteiger partial charge in [0, 0.05) is 5.02 Å². The summed E-state index contributed by atoms with van der Waals surface area (Å²) in [5.41, 5.74) is 0.608. The van der Waals surface area contributed by atoms with Crippen molar-refractivity contribution in [3.05, 3.63) is 58.6 Å². The molecular formula is C14H10ClNO4. The first-order valence-electron chi connectivity index (χ1n) is 5.61. The van der Waals surface area contributed by atoms with Crippen molar-refractivity contribution in [3.63, 3.8) is 0 Å². The van der Waals surface area contributed by atoms with Gasteiger partial charge in [-0.1, -0.05) is 23.7 Å². The summed E-state index contributed by atoms with van der Waals surface area (Å²) in [6.45, 7) is 0. The monoisotopic (exact) mass is 291 g/mol. The summed E-state index contributed by atoms with van der Waals surface area (Å²) >= 11 is 5.76. The van der Waals surface area contributed by atoms with Crippen LogP contribution >= 0.6 is 11.6 Å². The Balaban J connectivity index is 2.45. The number of hydrogen-bond acceptors (Lipinski definition) is 3. The number of carboxylic acids is 2. The Morgan fingerprint density at radius 3 is 2.15 bits per heavy atom. The lowest BCUT2D eigenvalue weighted by Crippen LogP contribution is -2.06. The van der Waals surface area contributed by atoms with E-state index in [0.717, 1.165) is 0 Å². The Morgan fingerprint density at radius 1 is 0.900 bits per heavy atom. The Bertz CT molecular complexity index is 685. The maximum absolute atomic E-state index is 11.2.